The van der Waals surface area contributed by atoms with E-state index in [2.05, 4.69) is 43.4 Å². The van der Waals surface area contributed by atoms with Crippen molar-refractivity contribution in [1.82, 2.24) is 5.32 Å². The lowest BCUT2D eigenvalue weighted by atomic mass is 10.1. The van der Waals surface area contributed by atoms with Crippen LogP contribution in [0.5, 0.6) is 5.75 Å². The van der Waals surface area contributed by atoms with E-state index in [0.29, 0.717) is 6.61 Å². The summed E-state index contributed by atoms with van der Waals surface area (Å²) in [5, 5.41) is 5.68. The van der Waals surface area contributed by atoms with E-state index in [1.165, 1.54) is 10.8 Å². The van der Waals surface area contributed by atoms with Gasteiger partial charge in [0.1, 0.15) is 12.4 Å². The molecule has 2 aromatic carbocycles. The van der Waals surface area contributed by atoms with Crippen molar-refractivity contribution in [2.45, 2.75) is 19.4 Å². The smallest absolute Gasteiger partial charge is 0.120 e. The summed E-state index contributed by atoms with van der Waals surface area (Å²) in [6.07, 6.45) is 0. The zero-order valence-corrected chi connectivity index (χ0v) is 10.7. The standard InChI is InChI=1S/C15H19NO/c1-15(2,16-3)11-17-14-9-8-12-6-4-5-7-13(12)10-14/h4-10,16H,11H2,1-3H3. The van der Waals surface area contributed by atoms with E-state index in [1.54, 1.807) is 0 Å². The summed E-state index contributed by atoms with van der Waals surface area (Å²) < 4.78 is 5.81. The average Bonchev–Trinajstić information content (AvgIpc) is 2.36. The van der Waals surface area contributed by atoms with Crippen molar-refractivity contribution >= 4 is 10.8 Å². The minimum Gasteiger partial charge on any atom is -0.492 e. The van der Waals surface area contributed by atoms with Crippen LogP contribution in [0.3, 0.4) is 0 Å². The predicted molar refractivity (Wildman–Crippen MR) is 72.6 cm³/mol. The topological polar surface area (TPSA) is 21.3 Å². The Morgan fingerprint density at radius 3 is 2.47 bits per heavy atom. The van der Waals surface area contributed by atoms with Gasteiger partial charge in [-0.15, -0.1) is 0 Å². The quantitative estimate of drug-likeness (QED) is 0.869. The fourth-order valence-electron chi connectivity index (χ4n) is 1.59. The second-order valence-electron chi connectivity index (χ2n) is 4.93. The van der Waals surface area contributed by atoms with Gasteiger partial charge >= 0.3 is 0 Å². The molecule has 0 atom stereocenters. The Morgan fingerprint density at radius 1 is 1.06 bits per heavy atom. The van der Waals surface area contributed by atoms with Gasteiger partial charge in [0.2, 0.25) is 0 Å². The minimum atomic E-state index is -0.00829. The molecule has 2 nitrogen and oxygen atoms in total. The van der Waals surface area contributed by atoms with E-state index < -0.39 is 0 Å². The summed E-state index contributed by atoms with van der Waals surface area (Å²) in [7, 11) is 1.95. The first kappa shape index (κ1) is 11.9. The molecule has 0 amide bonds. The van der Waals surface area contributed by atoms with Crippen LogP contribution >= 0.6 is 0 Å². The Balaban J connectivity index is 2.14. The molecule has 0 fully saturated rings. The maximum Gasteiger partial charge on any atom is 0.120 e. The Kier molecular flexibility index (Phi) is 3.34. The zero-order valence-electron chi connectivity index (χ0n) is 10.7. The van der Waals surface area contributed by atoms with Crippen molar-refractivity contribution in [1.29, 1.82) is 0 Å². The summed E-state index contributed by atoms with van der Waals surface area (Å²) in [5.74, 6) is 0.923. The highest BCUT2D eigenvalue weighted by Crippen LogP contribution is 2.21. The molecule has 2 aromatic rings. The number of hydrogen-bond acceptors (Lipinski definition) is 2. The SMILES string of the molecule is CNC(C)(C)COc1ccc2ccccc2c1. The van der Waals surface area contributed by atoms with E-state index in [0.717, 1.165) is 5.75 Å². The third-order valence-electron chi connectivity index (χ3n) is 3.00. The van der Waals surface area contributed by atoms with Gasteiger partial charge in [0.15, 0.2) is 0 Å². The highest BCUT2D eigenvalue weighted by molar-refractivity contribution is 5.83. The molecule has 2 heteroatoms. The van der Waals surface area contributed by atoms with Gasteiger partial charge in [-0.25, -0.2) is 0 Å². The third-order valence-corrected chi connectivity index (χ3v) is 3.00. The van der Waals surface area contributed by atoms with Crippen molar-refractivity contribution in [2.24, 2.45) is 0 Å². The van der Waals surface area contributed by atoms with Crippen LogP contribution in [0.2, 0.25) is 0 Å². The molecule has 0 aliphatic carbocycles. The van der Waals surface area contributed by atoms with Crippen LogP contribution in [-0.2, 0) is 0 Å². The molecule has 0 saturated carbocycles. The van der Waals surface area contributed by atoms with E-state index >= 15 is 0 Å². The summed E-state index contributed by atoms with van der Waals surface area (Å²) in [5.41, 5.74) is -0.00829. The van der Waals surface area contributed by atoms with Gasteiger partial charge in [0, 0.05) is 5.54 Å². The molecule has 0 unspecified atom stereocenters. The second kappa shape index (κ2) is 4.76. The monoisotopic (exact) mass is 229 g/mol. The van der Waals surface area contributed by atoms with Crippen molar-refractivity contribution in [3.05, 3.63) is 42.5 Å². The number of likely N-dealkylation sites (N-methyl/N-ethyl adjacent to an activating group) is 1. The van der Waals surface area contributed by atoms with Gasteiger partial charge in [-0.05, 0) is 43.8 Å². The first-order chi connectivity index (χ1) is 8.11. The molecule has 0 radical (unpaired) electrons. The van der Waals surface area contributed by atoms with Gasteiger partial charge in [-0.2, -0.15) is 0 Å². The van der Waals surface area contributed by atoms with Gasteiger partial charge in [-0.3, -0.25) is 0 Å². The highest BCUT2D eigenvalue weighted by atomic mass is 16.5. The van der Waals surface area contributed by atoms with Gasteiger partial charge in [0.05, 0.1) is 0 Å². The number of rotatable bonds is 4. The molecule has 17 heavy (non-hydrogen) atoms. The fraction of sp³-hybridized carbons (Fsp3) is 0.333. The van der Waals surface area contributed by atoms with Crippen molar-refractivity contribution < 1.29 is 4.74 Å². The molecule has 0 aliphatic rings. The number of fused-ring (bicyclic) bond motifs is 1. The lowest BCUT2D eigenvalue weighted by molar-refractivity contribution is 0.217. The predicted octanol–water partition coefficient (Wildman–Crippen LogP) is 3.22. The van der Waals surface area contributed by atoms with E-state index in [1.807, 2.05) is 25.2 Å². The molecule has 1 N–H and O–H groups in total. The van der Waals surface area contributed by atoms with Crippen molar-refractivity contribution in [3.63, 3.8) is 0 Å². The summed E-state index contributed by atoms with van der Waals surface area (Å²) in [4.78, 5) is 0. The highest BCUT2D eigenvalue weighted by Gasteiger charge is 2.15. The van der Waals surface area contributed by atoms with Crippen LogP contribution in [0.1, 0.15) is 13.8 Å². The van der Waals surface area contributed by atoms with Crippen LogP contribution in [0, 0.1) is 0 Å². The van der Waals surface area contributed by atoms with Crippen molar-refractivity contribution in [3.8, 4) is 5.75 Å². The number of nitrogens with one attached hydrogen (secondary N) is 1. The van der Waals surface area contributed by atoms with E-state index in [-0.39, 0.29) is 5.54 Å². The Labute approximate surface area is 103 Å². The van der Waals surface area contributed by atoms with E-state index in [9.17, 15) is 0 Å². The molecule has 0 saturated heterocycles. The molecule has 0 aromatic heterocycles. The zero-order chi connectivity index (χ0) is 12.3. The molecule has 2 rings (SSSR count). The molecule has 0 heterocycles. The summed E-state index contributed by atoms with van der Waals surface area (Å²) in [6.45, 7) is 4.89. The summed E-state index contributed by atoms with van der Waals surface area (Å²) >= 11 is 0. The maximum absolute atomic E-state index is 5.81. The molecule has 0 bridgehead atoms. The lowest BCUT2D eigenvalue weighted by Gasteiger charge is -2.24. The first-order valence-corrected chi connectivity index (χ1v) is 5.91. The molecule has 0 spiro atoms. The van der Waals surface area contributed by atoms with Gasteiger partial charge in [0.25, 0.3) is 0 Å². The van der Waals surface area contributed by atoms with Crippen LogP contribution in [0.4, 0.5) is 0 Å². The Bertz CT molecular complexity index is 505. The van der Waals surface area contributed by atoms with Crippen LogP contribution < -0.4 is 10.1 Å². The van der Waals surface area contributed by atoms with Crippen LogP contribution in [0.15, 0.2) is 42.5 Å². The molecule has 90 valence electrons. The van der Waals surface area contributed by atoms with Crippen molar-refractivity contribution in [2.75, 3.05) is 13.7 Å². The lowest BCUT2D eigenvalue weighted by Crippen LogP contribution is -2.42. The normalized spacial score (nSPS) is 11.7. The second-order valence-corrected chi connectivity index (χ2v) is 4.93. The van der Waals surface area contributed by atoms with E-state index in [4.69, 9.17) is 4.74 Å². The molecular formula is C15H19NO. The summed E-state index contributed by atoms with van der Waals surface area (Å²) in [6, 6.07) is 14.5. The number of hydrogen-bond donors (Lipinski definition) is 1. The fourth-order valence-corrected chi connectivity index (χ4v) is 1.59. The molecule has 0 aliphatic heterocycles. The minimum absolute atomic E-state index is 0.00829. The Hall–Kier alpha value is -1.54. The van der Waals surface area contributed by atoms with Gasteiger partial charge < -0.3 is 10.1 Å². The maximum atomic E-state index is 5.81. The van der Waals surface area contributed by atoms with Crippen LogP contribution in [-0.4, -0.2) is 19.2 Å². The largest absolute Gasteiger partial charge is 0.492 e. The van der Waals surface area contributed by atoms with Crippen LogP contribution in [0.25, 0.3) is 10.8 Å². The molecular weight excluding hydrogens is 210 g/mol. The Morgan fingerprint density at radius 2 is 1.76 bits per heavy atom. The number of benzene rings is 2. The number of ether oxygens (including phenoxy) is 1. The first-order valence-electron chi connectivity index (χ1n) is 5.91. The van der Waals surface area contributed by atoms with Gasteiger partial charge in [-0.1, -0.05) is 30.3 Å². The average molecular weight is 229 g/mol. The third kappa shape index (κ3) is 2.98.